The van der Waals surface area contributed by atoms with E-state index in [4.69, 9.17) is 9.47 Å². The lowest BCUT2D eigenvalue weighted by Gasteiger charge is -2.29. The van der Waals surface area contributed by atoms with Crippen molar-refractivity contribution in [2.45, 2.75) is 50.3 Å². The summed E-state index contributed by atoms with van der Waals surface area (Å²) >= 11 is 0. The Balaban J connectivity index is 2.64. The summed E-state index contributed by atoms with van der Waals surface area (Å²) in [5, 5.41) is 22.0. The zero-order chi connectivity index (χ0) is 22.4. The normalized spacial score (nSPS) is 13.9. The molecule has 2 atom stereocenters. The molecule has 0 fully saturated rings. The third kappa shape index (κ3) is 8.03. The molecule has 0 radical (unpaired) electrons. The van der Waals surface area contributed by atoms with Crippen LogP contribution in [0.4, 0.5) is 10.5 Å². The first-order chi connectivity index (χ1) is 13.2. The molecule has 0 aliphatic rings. The minimum absolute atomic E-state index is 0.164. The number of carbonyl (C=O) groups excluding carboxylic acids is 1. The maximum absolute atomic E-state index is 12.2. The van der Waals surface area contributed by atoms with Crippen molar-refractivity contribution in [2.24, 2.45) is 0 Å². The number of carbonyl (C=O) groups is 2. The summed E-state index contributed by atoms with van der Waals surface area (Å²) in [6.45, 7) is 6.12. The number of sulfone groups is 1. The minimum atomic E-state index is -3.85. The number of aliphatic carboxylic acids is 1. The van der Waals surface area contributed by atoms with Crippen LogP contribution in [0.15, 0.2) is 29.2 Å². The largest absolute Gasteiger partial charge is 0.480 e. The molecule has 0 unspecified atom stereocenters. The number of benzene rings is 1. The van der Waals surface area contributed by atoms with Crippen molar-refractivity contribution in [3.63, 3.8) is 0 Å². The number of carboxylic acid groups (broad SMARTS) is 1. The first-order valence-corrected chi connectivity index (χ1v) is 10.2. The molecule has 162 valence electrons. The second-order valence-electron chi connectivity index (χ2n) is 7.10. The molecule has 0 bridgehead atoms. The van der Waals surface area contributed by atoms with Gasteiger partial charge in [-0.1, -0.05) is 0 Å². The van der Waals surface area contributed by atoms with Crippen LogP contribution in [0.5, 0.6) is 0 Å². The lowest BCUT2D eigenvalue weighted by atomic mass is 10.1. The SMILES string of the molecule is C[C@@H](OC(C)(C)C)[C@H](NC(=O)OCCS(=O)(=O)c1ccc([N+](=O)[O-])cc1)C(=O)O. The summed E-state index contributed by atoms with van der Waals surface area (Å²) in [6.07, 6.45) is -1.98. The van der Waals surface area contributed by atoms with Crippen LogP contribution in [0, 0.1) is 10.1 Å². The Labute approximate surface area is 168 Å². The van der Waals surface area contributed by atoms with Crippen molar-refractivity contribution >= 4 is 27.6 Å². The van der Waals surface area contributed by atoms with Crippen molar-refractivity contribution < 1.29 is 37.5 Å². The molecule has 1 aromatic carbocycles. The van der Waals surface area contributed by atoms with E-state index in [1.165, 1.54) is 6.92 Å². The van der Waals surface area contributed by atoms with E-state index in [-0.39, 0.29) is 10.6 Å². The van der Waals surface area contributed by atoms with Crippen LogP contribution in [0.3, 0.4) is 0 Å². The van der Waals surface area contributed by atoms with E-state index in [2.05, 4.69) is 5.32 Å². The molecule has 2 N–H and O–H groups in total. The molecule has 1 rings (SSSR count). The highest BCUT2D eigenvalue weighted by atomic mass is 32.2. The van der Waals surface area contributed by atoms with Crippen molar-refractivity contribution in [3.8, 4) is 0 Å². The van der Waals surface area contributed by atoms with Gasteiger partial charge in [-0.25, -0.2) is 18.0 Å². The number of nitro benzene ring substituents is 1. The zero-order valence-electron chi connectivity index (χ0n) is 16.4. The van der Waals surface area contributed by atoms with Gasteiger partial charge in [0.1, 0.15) is 6.61 Å². The van der Waals surface area contributed by atoms with E-state index >= 15 is 0 Å². The van der Waals surface area contributed by atoms with Crippen LogP contribution in [-0.4, -0.2) is 60.6 Å². The van der Waals surface area contributed by atoms with Gasteiger partial charge in [0.2, 0.25) is 0 Å². The number of alkyl carbamates (subject to hydrolysis) is 1. The summed E-state index contributed by atoms with van der Waals surface area (Å²) in [5.41, 5.74) is -0.900. The molecular formula is C17H24N2O9S. The average molecular weight is 432 g/mol. The highest BCUT2D eigenvalue weighted by Gasteiger charge is 2.31. The summed E-state index contributed by atoms with van der Waals surface area (Å²) in [4.78, 5) is 33.0. The molecular weight excluding hydrogens is 408 g/mol. The molecule has 0 spiro atoms. The first-order valence-electron chi connectivity index (χ1n) is 8.54. The lowest BCUT2D eigenvalue weighted by molar-refractivity contribution is -0.384. The second kappa shape index (κ2) is 9.65. The van der Waals surface area contributed by atoms with Gasteiger partial charge in [-0.2, -0.15) is 0 Å². The molecule has 11 nitrogen and oxygen atoms in total. The Morgan fingerprint density at radius 1 is 1.24 bits per heavy atom. The molecule has 29 heavy (non-hydrogen) atoms. The van der Waals surface area contributed by atoms with Crippen molar-refractivity contribution in [2.75, 3.05) is 12.4 Å². The zero-order valence-corrected chi connectivity index (χ0v) is 17.3. The van der Waals surface area contributed by atoms with Crippen LogP contribution in [0.1, 0.15) is 27.7 Å². The lowest BCUT2D eigenvalue weighted by Crippen LogP contribution is -2.50. The van der Waals surface area contributed by atoms with Gasteiger partial charge in [0.25, 0.3) is 5.69 Å². The second-order valence-corrected chi connectivity index (χ2v) is 9.21. The number of rotatable bonds is 9. The number of hydrogen-bond donors (Lipinski definition) is 2. The number of non-ortho nitro benzene ring substituents is 1. The number of nitrogens with one attached hydrogen (secondary N) is 1. The standard InChI is InChI=1S/C17H24N2O9S/c1-11(28-17(2,3)4)14(15(20)21)18-16(22)27-9-10-29(25,26)13-7-5-12(6-8-13)19(23)24/h5-8,11,14H,9-10H2,1-4H3,(H,18,22)(H,20,21)/t11-,14+/m1/s1. The van der Waals surface area contributed by atoms with Gasteiger partial charge in [-0.15, -0.1) is 0 Å². The van der Waals surface area contributed by atoms with E-state index in [0.717, 1.165) is 24.3 Å². The molecule has 0 aliphatic heterocycles. The van der Waals surface area contributed by atoms with Gasteiger partial charge in [0.05, 0.1) is 27.3 Å². The Bertz CT molecular complexity index is 845. The van der Waals surface area contributed by atoms with Gasteiger partial charge < -0.3 is 19.9 Å². The molecule has 0 heterocycles. The minimum Gasteiger partial charge on any atom is -0.480 e. The van der Waals surface area contributed by atoms with Crippen LogP contribution in [0.2, 0.25) is 0 Å². The van der Waals surface area contributed by atoms with Crippen molar-refractivity contribution in [3.05, 3.63) is 34.4 Å². The van der Waals surface area contributed by atoms with Crippen LogP contribution in [-0.2, 0) is 24.1 Å². The molecule has 0 aliphatic carbocycles. The van der Waals surface area contributed by atoms with Gasteiger partial charge >= 0.3 is 12.1 Å². The monoisotopic (exact) mass is 432 g/mol. The third-order valence-corrected chi connectivity index (χ3v) is 5.23. The van der Waals surface area contributed by atoms with Crippen LogP contribution in [0.25, 0.3) is 0 Å². The Morgan fingerprint density at radius 3 is 2.24 bits per heavy atom. The van der Waals surface area contributed by atoms with E-state index in [1.54, 1.807) is 20.8 Å². The first kappa shape index (κ1) is 24.3. The topological polar surface area (TPSA) is 162 Å². The summed E-state index contributed by atoms with van der Waals surface area (Å²) in [6, 6.07) is 2.87. The smallest absolute Gasteiger partial charge is 0.407 e. The summed E-state index contributed by atoms with van der Waals surface area (Å²) < 4.78 is 34.7. The van der Waals surface area contributed by atoms with E-state index < -0.39 is 56.9 Å². The van der Waals surface area contributed by atoms with Gasteiger partial charge in [-0.05, 0) is 39.8 Å². The Hall–Kier alpha value is -2.73. The molecule has 0 aromatic heterocycles. The summed E-state index contributed by atoms with van der Waals surface area (Å²) in [7, 11) is -3.85. The van der Waals surface area contributed by atoms with Gasteiger partial charge in [0, 0.05) is 12.1 Å². The molecule has 1 aromatic rings. The Kier molecular flexibility index (Phi) is 8.09. The highest BCUT2D eigenvalue weighted by Crippen LogP contribution is 2.17. The molecule has 12 heteroatoms. The van der Waals surface area contributed by atoms with Crippen LogP contribution < -0.4 is 5.32 Å². The predicted octanol–water partition coefficient (Wildman–Crippen LogP) is 1.75. The van der Waals surface area contributed by atoms with E-state index in [0.29, 0.717) is 0 Å². The number of ether oxygens (including phenoxy) is 2. The average Bonchev–Trinajstić information content (AvgIpc) is 2.57. The predicted molar refractivity (Wildman–Crippen MR) is 101 cm³/mol. The fourth-order valence-electron chi connectivity index (χ4n) is 2.31. The molecule has 0 saturated heterocycles. The number of hydrogen-bond acceptors (Lipinski definition) is 8. The number of nitro groups is 1. The molecule has 0 saturated carbocycles. The Morgan fingerprint density at radius 2 is 1.79 bits per heavy atom. The van der Waals surface area contributed by atoms with Gasteiger partial charge in [-0.3, -0.25) is 10.1 Å². The van der Waals surface area contributed by atoms with Crippen molar-refractivity contribution in [1.82, 2.24) is 5.32 Å². The third-order valence-electron chi connectivity index (χ3n) is 3.54. The number of carboxylic acids is 1. The quantitative estimate of drug-likeness (QED) is 0.437. The fraction of sp³-hybridized carbons (Fsp3) is 0.529. The maximum Gasteiger partial charge on any atom is 0.407 e. The highest BCUT2D eigenvalue weighted by molar-refractivity contribution is 7.91. The van der Waals surface area contributed by atoms with Gasteiger partial charge in [0.15, 0.2) is 15.9 Å². The van der Waals surface area contributed by atoms with E-state index in [1.807, 2.05) is 0 Å². The number of amides is 1. The molecule has 1 amide bonds. The summed E-state index contributed by atoms with van der Waals surface area (Å²) in [5.74, 6) is -1.92. The fourth-order valence-corrected chi connectivity index (χ4v) is 3.40. The number of nitrogens with zero attached hydrogens (tertiary/aromatic N) is 1. The van der Waals surface area contributed by atoms with Crippen LogP contribution >= 0.6 is 0 Å². The maximum atomic E-state index is 12.2. The van der Waals surface area contributed by atoms with Crippen molar-refractivity contribution in [1.29, 1.82) is 0 Å². The van der Waals surface area contributed by atoms with E-state index in [9.17, 15) is 33.2 Å².